The molecule has 0 saturated carbocycles. The molecule has 2 aromatic carbocycles. The van der Waals surface area contributed by atoms with Gasteiger partial charge in [-0.3, -0.25) is 0 Å². The second kappa shape index (κ2) is 8.01. The van der Waals surface area contributed by atoms with Gasteiger partial charge in [0.25, 0.3) is 5.89 Å². The van der Waals surface area contributed by atoms with E-state index in [0.29, 0.717) is 16.7 Å². The van der Waals surface area contributed by atoms with Crippen molar-refractivity contribution in [2.45, 2.75) is 20.0 Å². The maximum atomic E-state index is 12.0. The molecule has 1 heterocycles. The molecule has 26 heavy (non-hydrogen) atoms. The van der Waals surface area contributed by atoms with E-state index < -0.39 is 12.1 Å². The number of rotatable bonds is 6. The zero-order chi connectivity index (χ0) is 18.5. The van der Waals surface area contributed by atoms with Crippen LogP contribution < -0.4 is 4.74 Å². The van der Waals surface area contributed by atoms with Gasteiger partial charge < -0.3 is 13.9 Å². The number of hydrogen-bond acceptors (Lipinski definition) is 6. The average Bonchev–Trinajstić information content (AvgIpc) is 3.12. The molecule has 3 aromatic rings. The molecule has 0 unspecified atom stereocenters. The summed E-state index contributed by atoms with van der Waals surface area (Å²) < 4.78 is 16.3. The van der Waals surface area contributed by atoms with Crippen LogP contribution in [0, 0.1) is 6.92 Å². The number of aromatic nitrogens is 2. The predicted octanol–water partition coefficient (Wildman–Crippen LogP) is 4.38. The molecule has 3 rings (SSSR count). The fourth-order valence-electron chi connectivity index (χ4n) is 2.29. The van der Waals surface area contributed by atoms with E-state index in [4.69, 9.17) is 25.5 Å². The molecule has 0 amide bonds. The average molecular weight is 373 g/mol. The summed E-state index contributed by atoms with van der Waals surface area (Å²) in [5, 5.41) is 8.52. The highest BCUT2D eigenvalue weighted by molar-refractivity contribution is 6.30. The third-order valence-electron chi connectivity index (χ3n) is 3.60. The molecule has 0 bridgehead atoms. The van der Waals surface area contributed by atoms with Crippen molar-refractivity contribution in [3.63, 3.8) is 0 Å². The third kappa shape index (κ3) is 4.40. The summed E-state index contributed by atoms with van der Waals surface area (Å²) in [6, 6.07) is 14.5. The van der Waals surface area contributed by atoms with Crippen molar-refractivity contribution in [3.8, 4) is 17.2 Å². The highest BCUT2D eigenvalue weighted by Crippen LogP contribution is 2.23. The molecule has 1 aromatic heterocycles. The maximum Gasteiger partial charge on any atom is 0.344 e. The number of esters is 1. The largest absolute Gasteiger partial charge is 0.482 e. The number of hydrogen-bond donors (Lipinski definition) is 0. The normalized spacial score (nSPS) is 11.8. The Bertz CT molecular complexity index is 896. The number of ether oxygens (including phenoxy) is 2. The number of aryl methyl sites for hydroxylation is 1. The van der Waals surface area contributed by atoms with E-state index in [1.165, 1.54) is 0 Å². The van der Waals surface area contributed by atoms with E-state index in [-0.39, 0.29) is 12.5 Å². The van der Waals surface area contributed by atoms with Crippen LogP contribution >= 0.6 is 11.6 Å². The third-order valence-corrected chi connectivity index (χ3v) is 3.83. The topological polar surface area (TPSA) is 74.5 Å². The lowest BCUT2D eigenvalue weighted by atomic mass is 10.2. The fourth-order valence-corrected chi connectivity index (χ4v) is 2.52. The predicted molar refractivity (Wildman–Crippen MR) is 95.9 cm³/mol. The summed E-state index contributed by atoms with van der Waals surface area (Å²) in [5.74, 6) is 0.630. The first-order chi connectivity index (χ1) is 12.5. The van der Waals surface area contributed by atoms with E-state index in [2.05, 4.69) is 10.2 Å². The molecule has 0 radical (unpaired) electrons. The van der Waals surface area contributed by atoms with Crippen LogP contribution in [0.4, 0.5) is 0 Å². The summed E-state index contributed by atoms with van der Waals surface area (Å²) in [4.78, 5) is 12.0. The Morgan fingerprint density at radius 2 is 1.96 bits per heavy atom. The molecule has 0 saturated heterocycles. The molecular weight excluding hydrogens is 356 g/mol. The number of nitrogens with zero attached hydrogens (tertiary/aromatic N) is 2. The van der Waals surface area contributed by atoms with Crippen LogP contribution in [0.3, 0.4) is 0 Å². The lowest BCUT2D eigenvalue weighted by Gasteiger charge is -2.11. The van der Waals surface area contributed by atoms with Crippen molar-refractivity contribution >= 4 is 17.6 Å². The van der Waals surface area contributed by atoms with Crippen LogP contribution in [0.1, 0.15) is 24.5 Å². The van der Waals surface area contributed by atoms with Gasteiger partial charge >= 0.3 is 5.97 Å². The monoisotopic (exact) mass is 372 g/mol. The number of halogens is 1. The van der Waals surface area contributed by atoms with Crippen molar-refractivity contribution in [2.75, 3.05) is 6.61 Å². The van der Waals surface area contributed by atoms with Crippen LogP contribution in [-0.4, -0.2) is 22.8 Å². The van der Waals surface area contributed by atoms with Gasteiger partial charge in [0.2, 0.25) is 5.89 Å². The SMILES string of the molecule is Cc1cc(Cl)ccc1OCC(=O)O[C@@H](C)c1nnc(-c2ccccc2)o1. The molecule has 1 atom stereocenters. The summed E-state index contributed by atoms with van der Waals surface area (Å²) in [6.07, 6.45) is -0.678. The molecule has 0 aliphatic carbocycles. The first-order valence-corrected chi connectivity index (χ1v) is 8.38. The molecule has 0 aliphatic rings. The number of benzene rings is 2. The van der Waals surface area contributed by atoms with E-state index in [1.54, 1.807) is 25.1 Å². The maximum absolute atomic E-state index is 12.0. The van der Waals surface area contributed by atoms with Gasteiger partial charge in [-0.05, 0) is 49.7 Å². The van der Waals surface area contributed by atoms with Crippen molar-refractivity contribution in [3.05, 3.63) is 65.0 Å². The van der Waals surface area contributed by atoms with Gasteiger partial charge in [0.05, 0.1) is 0 Å². The lowest BCUT2D eigenvalue weighted by molar-refractivity contribution is -0.152. The highest BCUT2D eigenvalue weighted by atomic mass is 35.5. The molecule has 7 heteroatoms. The second-order valence-electron chi connectivity index (χ2n) is 5.64. The van der Waals surface area contributed by atoms with E-state index >= 15 is 0 Å². The van der Waals surface area contributed by atoms with Gasteiger partial charge in [-0.25, -0.2) is 4.79 Å². The Morgan fingerprint density at radius 1 is 1.19 bits per heavy atom. The Hall–Kier alpha value is -2.86. The lowest BCUT2D eigenvalue weighted by Crippen LogP contribution is -2.17. The van der Waals surface area contributed by atoms with Gasteiger partial charge in [-0.2, -0.15) is 0 Å². The number of carbonyl (C=O) groups is 1. The zero-order valence-electron chi connectivity index (χ0n) is 14.3. The van der Waals surface area contributed by atoms with E-state index in [0.717, 1.165) is 11.1 Å². The molecular formula is C19H17ClN2O4. The first-order valence-electron chi connectivity index (χ1n) is 8.00. The zero-order valence-corrected chi connectivity index (χ0v) is 15.1. The van der Waals surface area contributed by atoms with E-state index in [1.807, 2.05) is 37.3 Å². The van der Waals surface area contributed by atoms with Crippen molar-refractivity contribution < 1.29 is 18.7 Å². The summed E-state index contributed by atoms with van der Waals surface area (Å²) in [5.41, 5.74) is 1.63. The number of carbonyl (C=O) groups excluding carboxylic acids is 1. The van der Waals surface area contributed by atoms with Crippen molar-refractivity contribution in [1.82, 2.24) is 10.2 Å². The van der Waals surface area contributed by atoms with Crippen molar-refractivity contribution in [2.24, 2.45) is 0 Å². The van der Waals surface area contributed by atoms with Gasteiger partial charge in [-0.15, -0.1) is 10.2 Å². The standard InChI is InChI=1S/C19H17ClN2O4/c1-12-10-15(20)8-9-16(12)24-11-17(23)25-13(2)18-21-22-19(26-18)14-6-4-3-5-7-14/h3-10,13H,11H2,1-2H3/t13-/m0/s1. The van der Waals surface area contributed by atoms with Crippen LogP contribution in [0.25, 0.3) is 11.5 Å². The molecule has 0 aliphatic heterocycles. The summed E-state index contributed by atoms with van der Waals surface area (Å²) in [6.45, 7) is 3.28. The fraction of sp³-hybridized carbons (Fsp3) is 0.211. The Morgan fingerprint density at radius 3 is 2.69 bits per heavy atom. The van der Waals surface area contributed by atoms with Crippen LogP contribution in [0.2, 0.25) is 5.02 Å². The van der Waals surface area contributed by atoms with Crippen molar-refractivity contribution in [1.29, 1.82) is 0 Å². The molecule has 6 nitrogen and oxygen atoms in total. The second-order valence-corrected chi connectivity index (χ2v) is 6.08. The minimum absolute atomic E-state index is 0.222. The minimum Gasteiger partial charge on any atom is -0.482 e. The molecule has 134 valence electrons. The highest BCUT2D eigenvalue weighted by Gasteiger charge is 2.19. The Balaban J connectivity index is 1.57. The molecule has 0 spiro atoms. The van der Waals surface area contributed by atoms with Gasteiger partial charge in [0.15, 0.2) is 12.7 Å². The van der Waals surface area contributed by atoms with Gasteiger partial charge in [0.1, 0.15) is 5.75 Å². The smallest absolute Gasteiger partial charge is 0.344 e. The van der Waals surface area contributed by atoms with Crippen LogP contribution in [0.5, 0.6) is 5.75 Å². The van der Waals surface area contributed by atoms with Crippen LogP contribution in [-0.2, 0) is 9.53 Å². The molecule has 0 fully saturated rings. The first kappa shape index (κ1) is 17.9. The summed E-state index contributed by atoms with van der Waals surface area (Å²) in [7, 11) is 0. The quantitative estimate of drug-likeness (QED) is 0.598. The minimum atomic E-state index is -0.678. The Kier molecular flexibility index (Phi) is 5.53. The van der Waals surface area contributed by atoms with E-state index in [9.17, 15) is 4.79 Å². The van der Waals surface area contributed by atoms with Gasteiger partial charge in [0, 0.05) is 10.6 Å². The van der Waals surface area contributed by atoms with Gasteiger partial charge in [-0.1, -0.05) is 29.8 Å². The summed E-state index contributed by atoms with van der Waals surface area (Å²) >= 11 is 5.89. The molecule has 0 N–H and O–H groups in total. The Labute approximate surface area is 155 Å². The van der Waals surface area contributed by atoms with Crippen LogP contribution in [0.15, 0.2) is 52.9 Å².